The van der Waals surface area contributed by atoms with Gasteiger partial charge in [0, 0.05) is 13.1 Å². The first-order chi connectivity index (χ1) is 10.5. The predicted molar refractivity (Wildman–Crippen MR) is 95.1 cm³/mol. The topological polar surface area (TPSA) is 64.5 Å². The van der Waals surface area contributed by atoms with Crippen molar-refractivity contribution in [1.29, 1.82) is 0 Å². The van der Waals surface area contributed by atoms with E-state index in [1.165, 1.54) is 25.7 Å². The summed E-state index contributed by atoms with van der Waals surface area (Å²) in [6.07, 6.45) is 6.41. The number of nitrogens with one attached hydrogen (secondary N) is 2. The zero-order valence-corrected chi connectivity index (χ0v) is 15.3. The van der Waals surface area contributed by atoms with Crippen LogP contribution in [0.5, 0.6) is 0 Å². The van der Waals surface area contributed by atoms with Gasteiger partial charge in [-0.2, -0.15) is 0 Å². The first kappa shape index (κ1) is 21.8. The van der Waals surface area contributed by atoms with Crippen LogP contribution in [0.4, 0.5) is 0 Å². The Kier molecular flexibility index (Phi) is 14.3. The highest BCUT2D eigenvalue weighted by Gasteiger charge is 2.11. The second kappa shape index (κ2) is 14.4. The lowest BCUT2D eigenvalue weighted by Gasteiger charge is -2.18. The summed E-state index contributed by atoms with van der Waals surface area (Å²) in [5, 5.41) is 26.3. The average molecular weight is 317 g/mol. The normalized spacial score (nSPS) is 17.2. The molecular weight excluding hydrogens is 276 g/mol. The standard InChI is InChI=1S/C18H40N2O2/c1-5-15(3)17(21)13-19-11-9-7-8-10-12-20-14-18(22)16(4)6-2/h15-22H,5-14H2,1-4H3. The molecule has 0 bridgehead atoms. The van der Waals surface area contributed by atoms with Crippen LogP contribution in [0.3, 0.4) is 0 Å². The highest BCUT2D eigenvalue weighted by molar-refractivity contribution is 4.66. The van der Waals surface area contributed by atoms with Crippen molar-refractivity contribution in [2.45, 2.75) is 78.4 Å². The van der Waals surface area contributed by atoms with Gasteiger partial charge < -0.3 is 20.8 Å². The maximum Gasteiger partial charge on any atom is 0.0689 e. The van der Waals surface area contributed by atoms with Crippen molar-refractivity contribution >= 4 is 0 Å². The molecule has 0 aliphatic carbocycles. The molecule has 0 aromatic rings. The third kappa shape index (κ3) is 11.4. The minimum Gasteiger partial charge on any atom is -0.392 e. The molecule has 0 fully saturated rings. The highest BCUT2D eigenvalue weighted by Crippen LogP contribution is 2.07. The summed E-state index contributed by atoms with van der Waals surface area (Å²) in [5.74, 6) is 0.758. The second-order valence-corrected chi connectivity index (χ2v) is 6.73. The molecule has 0 aromatic carbocycles. The van der Waals surface area contributed by atoms with Crippen LogP contribution in [0.25, 0.3) is 0 Å². The van der Waals surface area contributed by atoms with E-state index in [0.717, 1.165) is 25.9 Å². The van der Waals surface area contributed by atoms with E-state index < -0.39 is 0 Å². The Morgan fingerprint density at radius 1 is 0.682 bits per heavy atom. The maximum absolute atomic E-state index is 9.83. The number of hydrogen-bond donors (Lipinski definition) is 4. The molecule has 0 radical (unpaired) electrons. The summed E-state index contributed by atoms with van der Waals surface area (Å²) >= 11 is 0. The van der Waals surface area contributed by atoms with Crippen LogP contribution in [0.15, 0.2) is 0 Å². The van der Waals surface area contributed by atoms with Crippen LogP contribution in [0, 0.1) is 11.8 Å². The maximum atomic E-state index is 9.83. The van der Waals surface area contributed by atoms with Crippen molar-refractivity contribution in [2.24, 2.45) is 11.8 Å². The molecule has 134 valence electrons. The van der Waals surface area contributed by atoms with Gasteiger partial charge >= 0.3 is 0 Å². The Labute approximate surface area is 138 Å². The SMILES string of the molecule is CCC(C)C(O)CNCCCCCCNCC(O)C(C)CC. The van der Waals surface area contributed by atoms with Gasteiger partial charge in [0.15, 0.2) is 0 Å². The van der Waals surface area contributed by atoms with Gasteiger partial charge in [-0.3, -0.25) is 0 Å². The molecule has 4 atom stereocenters. The van der Waals surface area contributed by atoms with Crippen LogP contribution in [-0.2, 0) is 0 Å². The van der Waals surface area contributed by atoms with E-state index >= 15 is 0 Å². The number of hydrogen-bond acceptors (Lipinski definition) is 4. The minimum atomic E-state index is -0.217. The highest BCUT2D eigenvalue weighted by atomic mass is 16.3. The van der Waals surface area contributed by atoms with Crippen LogP contribution in [-0.4, -0.2) is 48.6 Å². The van der Waals surface area contributed by atoms with Gasteiger partial charge in [0.05, 0.1) is 12.2 Å². The molecule has 0 saturated carbocycles. The predicted octanol–water partition coefficient (Wildman–Crippen LogP) is 2.54. The Balaban J connectivity index is 3.27. The van der Waals surface area contributed by atoms with E-state index in [9.17, 15) is 10.2 Å². The fourth-order valence-corrected chi connectivity index (χ4v) is 2.30. The van der Waals surface area contributed by atoms with Gasteiger partial charge in [0.2, 0.25) is 0 Å². The van der Waals surface area contributed by atoms with Crippen molar-refractivity contribution in [2.75, 3.05) is 26.2 Å². The Morgan fingerprint density at radius 3 is 1.36 bits per heavy atom. The van der Waals surface area contributed by atoms with Crippen molar-refractivity contribution in [3.63, 3.8) is 0 Å². The van der Waals surface area contributed by atoms with Gasteiger partial charge in [0.25, 0.3) is 0 Å². The fraction of sp³-hybridized carbons (Fsp3) is 1.00. The van der Waals surface area contributed by atoms with E-state index in [1.54, 1.807) is 0 Å². The zero-order chi connectivity index (χ0) is 16.8. The van der Waals surface area contributed by atoms with Crippen LogP contribution in [0.1, 0.15) is 66.2 Å². The molecule has 4 unspecified atom stereocenters. The fourth-order valence-electron chi connectivity index (χ4n) is 2.30. The van der Waals surface area contributed by atoms with Gasteiger partial charge in [-0.05, 0) is 37.8 Å². The van der Waals surface area contributed by atoms with Crippen molar-refractivity contribution < 1.29 is 10.2 Å². The quantitative estimate of drug-likeness (QED) is 0.351. The number of aliphatic hydroxyl groups is 2. The van der Waals surface area contributed by atoms with Crippen molar-refractivity contribution in [3.05, 3.63) is 0 Å². The molecule has 0 amide bonds. The van der Waals surface area contributed by atoms with E-state index in [1.807, 2.05) is 0 Å². The Morgan fingerprint density at radius 2 is 1.05 bits per heavy atom. The molecule has 0 aromatic heterocycles. The molecule has 4 N–H and O–H groups in total. The average Bonchev–Trinajstić information content (AvgIpc) is 2.54. The molecule has 0 saturated heterocycles. The van der Waals surface area contributed by atoms with Crippen LogP contribution >= 0.6 is 0 Å². The lowest BCUT2D eigenvalue weighted by Crippen LogP contribution is -2.32. The van der Waals surface area contributed by atoms with Gasteiger partial charge in [0.1, 0.15) is 0 Å². The van der Waals surface area contributed by atoms with Crippen LogP contribution in [0.2, 0.25) is 0 Å². The first-order valence-electron chi connectivity index (χ1n) is 9.30. The lowest BCUT2D eigenvalue weighted by molar-refractivity contribution is 0.112. The molecule has 0 aliphatic heterocycles. The summed E-state index contributed by atoms with van der Waals surface area (Å²) in [6, 6.07) is 0. The summed E-state index contributed by atoms with van der Waals surface area (Å²) < 4.78 is 0. The van der Waals surface area contributed by atoms with E-state index in [4.69, 9.17) is 0 Å². The molecular formula is C18H40N2O2. The number of rotatable bonds is 15. The van der Waals surface area contributed by atoms with E-state index in [-0.39, 0.29) is 12.2 Å². The zero-order valence-electron chi connectivity index (χ0n) is 15.3. The smallest absolute Gasteiger partial charge is 0.0689 e. The van der Waals surface area contributed by atoms with E-state index in [0.29, 0.717) is 24.9 Å². The molecule has 0 spiro atoms. The summed E-state index contributed by atoms with van der Waals surface area (Å²) in [4.78, 5) is 0. The Hall–Kier alpha value is -0.160. The van der Waals surface area contributed by atoms with Crippen molar-refractivity contribution in [3.8, 4) is 0 Å². The molecule has 0 aliphatic rings. The van der Waals surface area contributed by atoms with Crippen LogP contribution < -0.4 is 10.6 Å². The molecule has 22 heavy (non-hydrogen) atoms. The van der Waals surface area contributed by atoms with Gasteiger partial charge in [-0.1, -0.05) is 53.4 Å². The lowest BCUT2D eigenvalue weighted by atomic mass is 10.0. The first-order valence-corrected chi connectivity index (χ1v) is 9.30. The monoisotopic (exact) mass is 316 g/mol. The van der Waals surface area contributed by atoms with Gasteiger partial charge in [-0.15, -0.1) is 0 Å². The minimum absolute atomic E-state index is 0.217. The largest absolute Gasteiger partial charge is 0.392 e. The second-order valence-electron chi connectivity index (χ2n) is 6.73. The molecule has 0 heterocycles. The molecule has 4 nitrogen and oxygen atoms in total. The molecule has 4 heteroatoms. The summed E-state index contributed by atoms with van der Waals surface area (Å²) in [5.41, 5.74) is 0. The van der Waals surface area contributed by atoms with Gasteiger partial charge in [-0.25, -0.2) is 0 Å². The Bertz CT molecular complexity index is 215. The summed E-state index contributed by atoms with van der Waals surface area (Å²) in [6.45, 7) is 11.8. The number of aliphatic hydroxyl groups excluding tert-OH is 2. The van der Waals surface area contributed by atoms with E-state index in [2.05, 4.69) is 38.3 Å². The van der Waals surface area contributed by atoms with Crippen molar-refractivity contribution in [1.82, 2.24) is 10.6 Å². The number of unbranched alkanes of at least 4 members (excludes halogenated alkanes) is 3. The molecule has 0 rings (SSSR count). The summed E-state index contributed by atoms with van der Waals surface area (Å²) in [7, 11) is 0. The third-order valence-corrected chi connectivity index (χ3v) is 4.77. The third-order valence-electron chi connectivity index (χ3n) is 4.77.